The molecule has 0 aliphatic carbocycles. The molecule has 6 nitrogen and oxygen atoms in total. The predicted molar refractivity (Wildman–Crippen MR) is 93.8 cm³/mol. The Balaban J connectivity index is 2.11. The van der Waals surface area contributed by atoms with Crippen molar-refractivity contribution in [3.8, 4) is 17.2 Å². The van der Waals surface area contributed by atoms with E-state index in [1.165, 1.54) is 0 Å². The highest BCUT2D eigenvalue weighted by Crippen LogP contribution is 2.35. The smallest absolute Gasteiger partial charge is 0.246 e. The molecule has 0 N–H and O–H groups in total. The van der Waals surface area contributed by atoms with E-state index in [9.17, 15) is 4.79 Å². The van der Waals surface area contributed by atoms with Gasteiger partial charge in [0, 0.05) is 43.9 Å². The molecular formula is C18H26N2O4. The maximum absolute atomic E-state index is 12.4. The van der Waals surface area contributed by atoms with Crippen LogP contribution in [0, 0.1) is 0 Å². The van der Waals surface area contributed by atoms with Gasteiger partial charge in [0.1, 0.15) is 5.75 Å². The summed E-state index contributed by atoms with van der Waals surface area (Å²) >= 11 is 0. The van der Waals surface area contributed by atoms with Crippen molar-refractivity contribution in [3.05, 3.63) is 23.8 Å². The van der Waals surface area contributed by atoms with E-state index < -0.39 is 0 Å². The molecule has 0 saturated carbocycles. The summed E-state index contributed by atoms with van der Waals surface area (Å²) in [5.41, 5.74) is 0.774. The number of benzene rings is 1. The Morgan fingerprint density at radius 3 is 2.12 bits per heavy atom. The van der Waals surface area contributed by atoms with E-state index in [0.717, 1.165) is 38.3 Å². The molecule has 2 rings (SSSR count). The van der Waals surface area contributed by atoms with Gasteiger partial charge in [-0.05, 0) is 18.7 Å². The number of nitrogens with zero attached hydrogens (tertiary/aromatic N) is 2. The zero-order chi connectivity index (χ0) is 17.5. The maximum Gasteiger partial charge on any atom is 0.246 e. The number of piperazine rings is 1. The van der Waals surface area contributed by atoms with Crippen LogP contribution in [0.15, 0.2) is 18.2 Å². The number of likely N-dealkylation sites (N-methyl/N-ethyl adjacent to an activating group) is 1. The molecule has 132 valence electrons. The molecule has 1 aliphatic heterocycles. The molecule has 0 spiro atoms. The van der Waals surface area contributed by atoms with E-state index >= 15 is 0 Å². The largest absolute Gasteiger partial charge is 0.496 e. The minimum atomic E-state index is 0.0163. The molecule has 0 bridgehead atoms. The van der Waals surface area contributed by atoms with Crippen molar-refractivity contribution in [1.29, 1.82) is 0 Å². The Morgan fingerprint density at radius 2 is 1.58 bits per heavy atom. The Bertz CT molecular complexity index is 593. The normalized spacial score (nSPS) is 15.6. The van der Waals surface area contributed by atoms with Crippen molar-refractivity contribution in [2.75, 3.05) is 54.1 Å². The first-order chi connectivity index (χ1) is 11.6. The lowest BCUT2D eigenvalue weighted by Crippen LogP contribution is -2.48. The molecule has 1 fully saturated rings. The Kier molecular flexibility index (Phi) is 6.49. The lowest BCUT2D eigenvalue weighted by molar-refractivity contribution is -0.127. The topological polar surface area (TPSA) is 51.2 Å². The molecule has 1 amide bonds. The molecule has 1 saturated heterocycles. The van der Waals surface area contributed by atoms with Gasteiger partial charge in [-0.25, -0.2) is 0 Å². The number of ether oxygens (including phenoxy) is 3. The fraction of sp³-hybridized carbons (Fsp3) is 0.500. The van der Waals surface area contributed by atoms with Crippen LogP contribution in [0.25, 0.3) is 6.08 Å². The lowest BCUT2D eigenvalue weighted by Gasteiger charge is -2.33. The van der Waals surface area contributed by atoms with Gasteiger partial charge in [0.05, 0.1) is 21.3 Å². The van der Waals surface area contributed by atoms with E-state index in [1.54, 1.807) is 45.6 Å². The van der Waals surface area contributed by atoms with Gasteiger partial charge < -0.3 is 24.0 Å². The van der Waals surface area contributed by atoms with Gasteiger partial charge in [0.2, 0.25) is 5.91 Å². The summed E-state index contributed by atoms with van der Waals surface area (Å²) in [5, 5.41) is 0. The van der Waals surface area contributed by atoms with Gasteiger partial charge in [-0.2, -0.15) is 0 Å². The summed E-state index contributed by atoms with van der Waals surface area (Å²) in [6.45, 7) is 6.55. The fourth-order valence-corrected chi connectivity index (χ4v) is 2.73. The highest BCUT2D eigenvalue weighted by Gasteiger charge is 2.18. The molecule has 1 aromatic rings. The first kappa shape index (κ1) is 18.1. The zero-order valence-corrected chi connectivity index (χ0v) is 14.9. The molecular weight excluding hydrogens is 308 g/mol. The number of amides is 1. The molecule has 0 unspecified atom stereocenters. The van der Waals surface area contributed by atoms with Gasteiger partial charge in [-0.15, -0.1) is 0 Å². The number of rotatable bonds is 6. The third kappa shape index (κ3) is 4.20. The van der Waals surface area contributed by atoms with Crippen molar-refractivity contribution < 1.29 is 19.0 Å². The number of carbonyl (C=O) groups is 1. The van der Waals surface area contributed by atoms with E-state index in [0.29, 0.717) is 17.2 Å². The monoisotopic (exact) mass is 334 g/mol. The lowest BCUT2D eigenvalue weighted by atomic mass is 10.1. The third-order valence-corrected chi connectivity index (χ3v) is 4.27. The van der Waals surface area contributed by atoms with Crippen LogP contribution in [0.1, 0.15) is 12.5 Å². The molecule has 1 aromatic carbocycles. The summed E-state index contributed by atoms with van der Waals surface area (Å²) in [6, 6.07) is 3.56. The minimum Gasteiger partial charge on any atom is -0.496 e. The third-order valence-electron chi connectivity index (χ3n) is 4.27. The zero-order valence-electron chi connectivity index (χ0n) is 14.9. The molecule has 0 aromatic heterocycles. The van der Waals surface area contributed by atoms with Crippen LogP contribution in [0.4, 0.5) is 0 Å². The quantitative estimate of drug-likeness (QED) is 0.744. The van der Waals surface area contributed by atoms with Crippen LogP contribution in [0.5, 0.6) is 17.2 Å². The van der Waals surface area contributed by atoms with Crippen LogP contribution in [0.2, 0.25) is 0 Å². The SMILES string of the molecule is CCN1CCN(C(=O)/C=C/c2cc(OC)c(OC)cc2OC)CC1. The molecule has 1 aliphatic rings. The standard InChI is InChI=1S/C18H26N2O4/c1-5-19-8-10-20(11-9-19)18(21)7-6-14-12-16(23-3)17(24-4)13-15(14)22-2/h6-7,12-13H,5,8-11H2,1-4H3/b7-6+. The summed E-state index contributed by atoms with van der Waals surface area (Å²) in [4.78, 5) is 16.6. The summed E-state index contributed by atoms with van der Waals surface area (Å²) in [5.74, 6) is 1.84. The molecule has 6 heteroatoms. The van der Waals surface area contributed by atoms with Gasteiger partial charge in [0.25, 0.3) is 0 Å². The van der Waals surface area contributed by atoms with Gasteiger partial charge in [-0.1, -0.05) is 6.92 Å². The van der Waals surface area contributed by atoms with Crippen LogP contribution in [-0.2, 0) is 4.79 Å². The number of hydrogen-bond donors (Lipinski definition) is 0. The van der Waals surface area contributed by atoms with Crippen LogP contribution in [-0.4, -0.2) is 69.8 Å². The second kappa shape index (κ2) is 8.59. The summed E-state index contributed by atoms with van der Waals surface area (Å²) in [6.07, 6.45) is 3.35. The number of methoxy groups -OCH3 is 3. The minimum absolute atomic E-state index is 0.0163. The van der Waals surface area contributed by atoms with Gasteiger partial charge in [-0.3, -0.25) is 4.79 Å². The van der Waals surface area contributed by atoms with E-state index in [2.05, 4.69) is 11.8 Å². The second-order valence-electron chi connectivity index (χ2n) is 5.54. The van der Waals surface area contributed by atoms with Crippen LogP contribution < -0.4 is 14.2 Å². The van der Waals surface area contributed by atoms with Crippen LogP contribution in [0.3, 0.4) is 0 Å². The van der Waals surface area contributed by atoms with Gasteiger partial charge >= 0.3 is 0 Å². The highest BCUT2D eigenvalue weighted by molar-refractivity contribution is 5.92. The van der Waals surface area contributed by atoms with Crippen molar-refractivity contribution in [2.45, 2.75) is 6.92 Å². The number of carbonyl (C=O) groups excluding carboxylic acids is 1. The Morgan fingerprint density at radius 1 is 1.00 bits per heavy atom. The van der Waals surface area contributed by atoms with Crippen molar-refractivity contribution in [3.63, 3.8) is 0 Å². The second-order valence-corrected chi connectivity index (χ2v) is 5.54. The maximum atomic E-state index is 12.4. The molecule has 1 heterocycles. The predicted octanol–water partition coefficient (Wildman–Crippen LogP) is 1.89. The number of hydrogen-bond acceptors (Lipinski definition) is 5. The van der Waals surface area contributed by atoms with Crippen molar-refractivity contribution in [1.82, 2.24) is 9.80 Å². The average Bonchev–Trinajstić information content (AvgIpc) is 2.65. The average molecular weight is 334 g/mol. The summed E-state index contributed by atoms with van der Waals surface area (Å²) in [7, 11) is 4.74. The van der Waals surface area contributed by atoms with E-state index in [-0.39, 0.29) is 5.91 Å². The van der Waals surface area contributed by atoms with Crippen LogP contribution >= 0.6 is 0 Å². The molecule has 24 heavy (non-hydrogen) atoms. The fourth-order valence-electron chi connectivity index (χ4n) is 2.73. The molecule has 0 atom stereocenters. The Labute approximate surface area is 143 Å². The first-order valence-corrected chi connectivity index (χ1v) is 8.12. The van der Waals surface area contributed by atoms with E-state index in [1.807, 2.05) is 4.90 Å². The first-order valence-electron chi connectivity index (χ1n) is 8.12. The van der Waals surface area contributed by atoms with Gasteiger partial charge in [0.15, 0.2) is 11.5 Å². The summed E-state index contributed by atoms with van der Waals surface area (Å²) < 4.78 is 15.9. The van der Waals surface area contributed by atoms with E-state index in [4.69, 9.17) is 14.2 Å². The molecule has 0 radical (unpaired) electrons. The van der Waals surface area contributed by atoms with Crippen molar-refractivity contribution in [2.24, 2.45) is 0 Å². The Hall–Kier alpha value is -2.21. The highest BCUT2D eigenvalue weighted by atomic mass is 16.5. The van der Waals surface area contributed by atoms with Crippen molar-refractivity contribution >= 4 is 12.0 Å².